The Hall–Kier alpha value is -20.9. The molecule has 0 aliphatic rings. The van der Waals surface area contributed by atoms with Crippen LogP contribution in [0.4, 0.5) is 45.8 Å². The summed E-state index contributed by atoms with van der Waals surface area (Å²) in [4.78, 5) is 40.3. The van der Waals surface area contributed by atoms with Gasteiger partial charge in [0.15, 0.2) is 22.8 Å². The van der Waals surface area contributed by atoms with Gasteiger partial charge in [0, 0.05) is 63.0 Å². The molecule has 0 amide bonds. The quantitative estimate of drug-likeness (QED) is 0.0402. The van der Waals surface area contributed by atoms with Crippen molar-refractivity contribution in [3.63, 3.8) is 0 Å². The maximum atomic E-state index is 11.1. The van der Waals surface area contributed by atoms with Gasteiger partial charge in [0.25, 0.3) is 0 Å². The molecule has 0 fully saturated rings. The second-order valence-electron chi connectivity index (χ2n) is 34.9. The normalized spacial score (nSPS) is 10.8. The molecule has 0 bridgehead atoms. The molecule has 5 aromatic heterocycles. The summed E-state index contributed by atoms with van der Waals surface area (Å²) in [5, 5.41) is 57.4. The zero-order chi connectivity index (χ0) is 100. The van der Waals surface area contributed by atoms with Crippen LogP contribution in [0.2, 0.25) is 0 Å². The molecule has 0 saturated heterocycles. The number of nitriles is 4. The second kappa shape index (κ2) is 42.5. The van der Waals surface area contributed by atoms with Gasteiger partial charge in [-0.3, -0.25) is 4.98 Å². The molecule has 17 nitrogen and oxygen atoms in total. The standard InChI is InChI=1S/C60H44N2.C43H28N2.C18N12.C10H7O.Li/c1-5-13-45(14-6-1)49-21-33-55(34-22-49)61(56-35-23-50(24-36-56)46-15-7-2-8-16-46)59-41-29-53(30-42-59)54-31-43-60(44-32-54)62(57-37-25-51(26-38-57)47-17-9-3-10-18-47)58-39-27-52(28-40-58)48-19-11-4-12-20-48;1-4-12-29(13-5-1)42-34-18-10-11-19-35(34)43(30-14-6-2-7-15-30)38-27-31(20-22-36(38)42)32-21-23-40-37(26-32)39-28-44-25-24-41(39)45(40)33-16-8-3-9-17-33;1-23-17-9(5-21)27-13-11-12(26-8(4-20)7(3-19)25-11)14-16(15(13)29-17)30-18(24-2)10(6-22)28-14;11-10-7-3-5-8-4-1-2-6-9(8)10;/h1-44H;1-28H;;1-5,7,11H;/q;;;-1;+1/p-1. The molecule has 149 heavy (non-hydrogen) atoms. The molecule has 690 valence electrons. The van der Waals surface area contributed by atoms with Crippen molar-refractivity contribution >= 4 is 133 Å². The van der Waals surface area contributed by atoms with E-state index in [9.17, 15) is 26.2 Å². The molecule has 0 spiro atoms. The Balaban J connectivity index is 0.000000130. The molecule has 5 heterocycles. The van der Waals surface area contributed by atoms with E-state index in [-0.39, 0.29) is 92.1 Å². The summed E-state index contributed by atoms with van der Waals surface area (Å²) in [6.45, 7) is 14.5. The van der Waals surface area contributed by atoms with Gasteiger partial charge >= 0.3 is 30.5 Å². The number of fused-ring (bicyclic) bond motifs is 12. The minimum atomic E-state index is -0.303. The number of hydrogen-bond acceptors (Lipinski definition) is 14. The van der Waals surface area contributed by atoms with Crippen molar-refractivity contribution in [1.29, 1.82) is 21.0 Å². The maximum Gasteiger partial charge on any atom is 1.00 e. The Bertz CT molecular complexity index is 8880. The van der Waals surface area contributed by atoms with Gasteiger partial charge < -0.3 is 29.2 Å². The number of para-hydroxylation sites is 1. The fraction of sp³-hybridized carbons (Fsp3) is 0. The molecule has 25 aromatic rings. The third-order valence-electron chi connectivity index (χ3n) is 26.2. The van der Waals surface area contributed by atoms with Crippen LogP contribution in [-0.4, -0.2) is 39.5 Å². The predicted octanol–water partition coefficient (Wildman–Crippen LogP) is 29.3. The third kappa shape index (κ3) is 18.9. The van der Waals surface area contributed by atoms with Crippen molar-refractivity contribution in [2.24, 2.45) is 0 Å². The van der Waals surface area contributed by atoms with Crippen LogP contribution in [0.1, 0.15) is 22.8 Å². The average Bonchev–Trinajstić information content (AvgIpc) is 1.17. The maximum absolute atomic E-state index is 11.1. The molecule has 18 heteroatoms. The fourth-order valence-electron chi connectivity index (χ4n) is 19.2. The zero-order valence-corrected chi connectivity index (χ0v) is 80.1. The van der Waals surface area contributed by atoms with Gasteiger partial charge in [-0.2, -0.15) is 32.2 Å². The van der Waals surface area contributed by atoms with E-state index in [4.69, 9.17) is 13.1 Å². The Morgan fingerprint density at radius 2 is 0.564 bits per heavy atom. The molecule has 0 saturated carbocycles. The van der Waals surface area contributed by atoms with Crippen molar-refractivity contribution in [2.45, 2.75) is 0 Å². The molecule has 0 atom stereocenters. The van der Waals surface area contributed by atoms with Crippen LogP contribution in [0, 0.1) is 64.5 Å². The van der Waals surface area contributed by atoms with Crippen molar-refractivity contribution in [3.05, 3.63) is 525 Å². The Morgan fingerprint density at radius 3 is 0.926 bits per heavy atom. The van der Waals surface area contributed by atoms with Gasteiger partial charge in [-0.1, -0.05) is 341 Å². The molecule has 0 unspecified atom stereocenters. The van der Waals surface area contributed by atoms with Crippen LogP contribution >= 0.6 is 0 Å². The van der Waals surface area contributed by atoms with Crippen LogP contribution in [0.5, 0.6) is 5.75 Å². The van der Waals surface area contributed by atoms with Crippen molar-refractivity contribution in [1.82, 2.24) is 39.5 Å². The van der Waals surface area contributed by atoms with E-state index in [1.165, 1.54) is 110 Å². The van der Waals surface area contributed by atoms with E-state index in [1.54, 1.807) is 42.5 Å². The number of benzene rings is 20. The molecular weight excluding hydrogens is 1820 g/mol. The molecule has 0 N–H and O–H groups in total. The molecular formula is C131H78LiN16O-. The number of nitrogens with zero attached hydrogens (tertiary/aromatic N) is 16. The number of hydrogen-bond donors (Lipinski definition) is 0. The van der Waals surface area contributed by atoms with E-state index in [2.05, 4.69) is 490 Å². The van der Waals surface area contributed by atoms with E-state index >= 15 is 0 Å². The zero-order valence-electron chi connectivity index (χ0n) is 80.1. The van der Waals surface area contributed by atoms with Gasteiger partial charge in [0.2, 0.25) is 11.0 Å². The topological polar surface area (TPSA) is 229 Å². The second-order valence-corrected chi connectivity index (χ2v) is 34.9. The Labute approximate surface area is 870 Å². The summed E-state index contributed by atoms with van der Waals surface area (Å²) < 4.78 is 2.34. The van der Waals surface area contributed by atoms with Crippen LogP contribution in [0.25, 0.3) is 192 Å². The number of anilines is 6. The molecule has 0 aliphatic heterocycles. The first-order valence-corrected chi connectivity index (χ1v) is 47.7. The number of rotatable bonds is 15. The summed E-state index contributed by atoms with van der Waals surface area (Å²) in [6.07, 6.45) is 3.87. The van der Waals surface area contributed by atoms with Crippen LogP contribution in [0.15, 0.2) is 473 Å². The Kier molecular flexibility index (Phi) is 26.9. The van der Waals surface area contributed by atoms with Crippen molar-refractivity contribution in [2.75, 3.05) is 9.80 Å². The van der Waals surface area contributed by atoms with E-state index in [0.29, 0.717) is 5.39 Å². The van der Waals surface area contributed by atoms with Gasteiger partial charge in [-0.25, -0.2) is 19.9 Å². The summed E-state index contributed by atoms with van der Waals surface area (Å²) in [6, 6.07) is 173. The van der Waals surface area contributed by atoms with E-state index in [1.807, 2.05) is 30.6 Å². The fourth-order valence-corrected chi connectivity index (χ4v) is 19.2. The molecule has 0 aliphatic carbocycles. The van der Waals surface area contributed by atoms with Gasteiger partial charge in [-0.05, 0) is 220 Å². The van der Waals surface area contributed by atoms with Crippen LogP contribution in [-0.2, 0) is 0 Å². The predicted molar refractivity (Wildman–Crippen MR) is 592 cm³/mol. The minimum Gasteiger partial charge on any atom is -0.914 e. The smallest absolute Gasteiger partial charge is 0.914 e. The van der Waals surface area contributed by atoms with E-state index in [0.717, 1.165) is 67.2 Å². The van der Waals surface area contributed by atoms with Crippen molar-refractivity contribution in [3.8, 4) is 125 Å². The van der Waals surface area contributed by atoms with Crippen LogP contribution < -0.4 is 33.8 Å². The largest absolute Gasteiger partial charge is 1.00 e. The molecule has 25 rings (SSSR count). The Morgan fingerprint density at radius 1 is 0.268 bits per heavy atom. The first-order valence-electron chi connectivity index (χ1n) is 47.7. The van der Waals surface area contributed by atoms with Gasteiger partial charge in [-0.15, -0.1) is 45.7 Å². The minimum absolute atomic E-state index is 0. The van der Waals surface area contributed by atoms with Gasteiger partial charge in [0.1, 0.15) is 46.3 Å². The summed E-state index contributed by atoms with van der Waals surface area (Å²) in [7, 11) is 0. The summed E-state index contributed by atoms with van der Waals surface area (Å²) in [5.41, 5.74) is 28.2. The molecule has 0 radical (unpaired) electrons. The number of pyridine rings is 1. The number of aromatic nitrogens is 8. The van der Waals surface area contributed by atoms with E-state index < -0.39 is 0 Å². The van der Waals surface area contributed by atoms with Crippen molar-refractivity contribution < 1.29 is 24.0 Å². The summed E-state index contributed by atoms with van der Waals surface area (Å²) >= 11 is 0. The monoisotopic (exact) mass is 1900 g/mol. The van der Waals surface area contributed by atoms with Gasteiger partial charge in [0.05, 0.1) is 11.0 Å². The first-order chi connectivity index (χ1) is 73.0. The SMILES string of the molecule is [C-]#[N+]c1nc2c(nc1C#N)c1nc(C#N)c(C#N)nc1c1nc(C#N)c([N+]#[C-])nc12.[Li+].[O-]c1cccc2ccc[c-]c12.c1ccc(-c2c3ccccc3c(-c3ccccc3)c3cc(-c4ccc5c(c4)c4cnccc4n5-c4ccccc4)ccc23)cc1.c1ccc(-c2ccc(N(c3ccc(-c4ccccc4)cc3)c3ccc(-c4ccc(N(c5ccc(-c6ccccc6)cc5)c5ccc(-c6ccccc6)cc5)cc4)cc3)cc2)cc1. The first kappa shape index (κ1) is 94.3. The average molecular weight is 1900 g/mol. The molecule has 20 aromatic carbocycles. The third-order valence-corrected chi connectivity index (χ3v) is 26.2. The summed E-state index contributed by atoms with van der Waals surface area (Å²) in [5.74, 6) is -0.560. The van der Waals surface area contributed by atoms with Crippen LogP contribution in [0.3, 0.4) is 0 Å².